The van der Waals surface area contributed by atoms with Crippen LogP contribution in [0.25, 0.3) is 15.5 Å². The summed E-state index contributed by atoms with van der Waals surface area (Å²) in [7, 11) is 0. The van der Waals surface area contributed by atoms with E-state index in [2.05, 4.69) is 10.2 Å². The van der Waals surface area contributed by atoms with Crippen LogP contribution in [-0.4, -0.2) is 33.0 Å². The summed E-state index contributed by atoms with van der Waals surface area (Å²) in [5.41, 5.74) is 8.78. The molecule has 0 radical (unpaired) electrons. The molecule has 1 unspecified atom stereocenters. The molecule has 0 aliphatic carbocycles. The zero-order valence-electron chi connectivity index (χ0n) is 11.6. The highest BCUT2D eigenvalue weighted by Gasteiger charge is 2.25. The highest BCUT2D eigenvalue weighted by molar-refractivity contribution is 7.19. The average molecular weight is 301 g/mol. The maximum atomic E-state index is 5.81. The molecule has 108 valence electrons. The fourth-order valence-electron chi connectivity index (χ4n) is 2.66. The summed E-state index contributed by atoms with van der Waals surface area (Å²) in [5, 5.41) is 14.1. The summed E-state index contributed by atoms with van der Waals surface area (Å²) in [6.45, 7) is 3.53. The smallest absolute Gasteiger partial charge is 0.234 e. The number of aromatic nitrogens is 4. The molecule has 6 nitrogen and oxygen atoms in total. The van der Waals surface area contributed by atoms with Crippen molar-refractivity contribution in [3.63, 3.8) is 0 Å². The number of hydrogen-bond donors (Lipinski definition) is 1. The van der Waals surface area contributed by atoms with Crippen LogP contribution in [0.1, 0.15) is 23.7 Å². The summed E-state index contributed by atoms with van der Waals surface area (Å²) in [4.78, 5) is 0.822. The molecule has 1 aliphatic rings. The molecule has 1 fully saturated rings. The first-order valence-electron chi connectivity index (χ1n) is 6.89. The highest BCUT2D eigenvalue weighted by atomic mass is 32.1. The van der Waals surface area contributed by atoms with E-state index in [1.807, 2.05) is 29.6 Å². The Balaban J connectivity index is 1.80. The van der Waals surface area contributed by atoms with Crippen molar-refractivity contribution in [2.75, 3.05) is 18.9 Å². The van der Waals surface area contributed by atoms with E-state index < -0.39 is 0 Å². The molecular formula is C14H15N5OS. The van der Waals surface area contributed by atoms with E-state index in [0.29, 0.717) is 12.5 Å². The fraction of sp³-hybridized carbons (Fsp3) is 0.357. The van der Waals surface area contributed by atoms with Crippen molar-refractivity contribution in [1.29, 1.82) is 0 Å². The zero-order chi connectivity index (χ0) is 14.4. The predicted octanol–water partition coefficient (Wildman–Crippen LogP) is 2.25. The minimum Gasteiger partial charge on any atom is -0.399 e. The van der Waals surface area contributed by atoms with Gasteiger partial charge in [-0.15, -0.1) is 10.2 Å². The minimum atomic E-state index is 0.294. The van der Waals surface area contributed by atoms with Crippen molar-refractivity contribution in [2.45, 2.75) is 19.3 Å². The minimum absolute atomic E-state index is 0.294. The molecule has 0 saturated carbocycles. The van der Waals surface area contributed by atoms with Gasteiger partial charge in [0.05, 0.1) is 6.61 Å². The Labute approximate surface area is 125 Å². The van der Waals surface area contributed by atoms with Crippen LogP contribution < -0.4 is 5.73 Å². The molecule has 7 heteroatoms. The molecule has 1 saturated heterocycles. The van der Waals surface area contributed by atoms with Crippen LogP contribution >= 0.6 is 11.3 Å². The molecule has 1 aromatic carbocycles. The molecule has 21 heavy (non-hydrogen) atoms. The van der Waals surface area contributed by atoms with E-state index in [4.69, 9.17) is 15.6 Å². The van der Waals surface area contributed by atoms with Gasteiger partial charge in [-0.1, -0.05) is 11.3 Å². The van der Waals surface area contributed by atoms with Gasteiger partial charge in [-0.3, -0.25) is 0 Å². The van der Waals surface area contributed by atoms with Gasteiger partial charge in [0, 0.05) is 23.8 Å². The SMILES string of the molecule is Cc1cc(N)ccc1-c1nn2c(C3CCOC3)nnc2s1. The number of ether oxygens (including phenoxy) is 1. The number of fused-ring (bicyclic) bond motifs is 1. The molecule has 3 heterocycles. The third-order valence-electron chi connectivity index (χ3n) is 3.79. The lowest BCUT2D eigenvalue weighted by Crippen LogP contribution is -2.04. The van der Waals surface area contributed by atoms with E-state index in [0.717, 1.165) is 45.6 Å². The largest absolute Gasteiger partial charge is 0.399 e. The molecule has 0 spiro atoms. The quantitative estimate of drug-likeness (QED) is 0.734. The lowest BCUT2D eigenvalue weighted by Gasteiger charge is -2.03. The van der Waals surface area contributed by atoms with Gasteiger partial charge in [0.2, 0.25) is 4.96 Å². The second kappa shape index (κ2) is 4.78. The topological polar surface area (TPSA) is 78.3 Å². The first kappa shape index (κ1) is 12.7. The second-order valence-electron chi connectivity index (χ2n) is 5.29. The summed E-state index contributed by atoms with van der Waals surface area (Å²) in [5.74, 6) is 1.19. The molecule has 2 aromatic heterocycles. The van der Waals surface area contributed by atoms with Gasteiger partial charge in [-0.25, -0.2) is 0 Å². The van der Waals surface area contributed by atoms with Crippen LogP contribution in [0.4, 0.5) is 5.69 Å². The van der Waals surface area contributed by atoms with Crippen LogP contribution in [0.2, 0.25) is 0 Å². The lowest BCUT2D eigenvalue weighted by atomic mass is 10.1. The van der Waals surface area contributed by atoms with Gasteiger partial charge in [0.25, 0.3) is 0 Å². The van der Waals surface area contributed by atoms with E-state index >= 15 is 0 Å². The van der Waals surface area contributed by atoms with E-state index in [1.165, 1.54) is 0 Å². The van der Waals surface area contributed by atoms with Crippen molar-refractivity contribution < 1.29 is 4.74 Å². The first-order valence-corrected chi connectivity index (χ1v) is 7.70. The fourth-order valence-corrected chi connectivity index (χ4v) is 3.60. The zero-order valence-corrected chi connectivity index (χ0v) is 12.4. The van der Waals surface area contributed by atoms with Gasteiger partial charge >= 0.3 is 0 Å². The lowest BCUT2D eigenvalue weighted by molar-refractivity contribution is 0.193. The Morgan fingerprint density at radius 2 is 2.29 bits per heavy atom. The number of anilines is 1. The monoisotopic (exact) mass is 301 g/mol. The van der Waals surface area contributed by atoms with Crippen molar-refractivity contribution >= 4 is 22.0 Å². The maximum absolute atomic E-state index is 5.81. The summed E-state index contributed by atoms with van der Waals surface area (Å²) >= 11 is 1.55. The standard InChI is InChI=1S/C14H15N5OS/c1-8-6-10(15)2-3-11(8)13-18-19-12(9-4-5-20-7-9)16-17-14(19)21-13/h2-3,6,9H,4-5,7,15H2,1H3. The number of aryl methyl sites for hydroxylation is 1. The normalized spacial score (nSPS) is 18.6. The summed E-state index contributed by atoms with van der Waals surface area (Å²) in [6.07, 6.45) is 0.981. The third-order valence-corrected chi connectivity index (χ3v) is 4.72. The van der Waals surface area contributed by atoms with Gasteiger partial charge in [0.15, 0.2) is 5.82 Å². The molecule has 1 aliphatic heterocycles. The Morgan fingerprint density at radius 3 is 3.05 bits per heavy atom. The second-order valence-corrected chi connectivity index (χ2v) is 6.25. The average Bonchev–Trinajstić information content (AvgIpc) is 3.13. The number of nitrogen functional groups attached to an aromatic ring is 1. The number of nitrogens with two attached hydrogens (primary N) is 1. The molecule has 3 aromatic rings. The van der Waals surface area contributed by atoms with E-state index in [9.17, 15) is 0 Å². The maximum Gasteiger partial charge on any atom is 0.234 e. The number of hydrogen-bond acceptors (Lipinski definition) is 6. The number of rotatable bonds is 2. The van der Waals surface area contributed by atoms with Crippen LogP contribution in [0.3, 0.4) is 0 Å². The molecule has 4 rings (SSSR count). The Hall–Kier alpha value is -1.99. The van der Waals surface area contributed by atoms with Crippen LogP contribution in [0.15, 0.2) is 18.2 Å². The van der Waals surface area contributed by atoms with Crippen LogP contribution in [-0.2, 0) is 4.74 Å². The number of benzene rings is 1. The van der Waals surface area contributed by atoms with Crippen LogP contribution in [0, 0.1) is 6.92 Å². The Bertz CT molecular complexity index is 803. The van der Waals surface area contributed by atoms with Crippen molar-refractivity contribution in [2.24, 2.45) is 0 Å². The summed E-state index contributed by atoms with van der Waals surface area (Å²) < 4.78 is 7.29. The van der Waals surface area contributed by atoms with Gasteiger partial charge in [-0.2, -0.15) is 9.61 Å². The molecule has 2 N–H and O–H groups in total. The van der Waals surface area contributed by atoms with Gasteiger partial charge in [0.1, 0.15) is 5.01 Å². The Kier molecular flexibility index (Phi) is 2.90. The van der Waals surface area contributed by atoms with E-state index in [1.54, 1.807) is 11.3 Å². The molecule has 0 bridgehead atoms. The molecule has 1 atom stereocenters. The van der Waals surface area contributed by atoms with Gasteiger partial charge in [-0.05, 0) is 37.1 Å². The number of nitrogens with zero attached hydrogens (tertiary/aromatic N) is 4. The van der Waals surface area contributed by atoms with Gasteiger partial charge < -0.3 is 10.5 Å². The third kappa shape index (κ3) is 2.09. The first-order chi connectivity index (χ1) is 10.2. The van der Waals surface area contributed by atoms with Crippen LogP contribution in [0.5, 0.6) is 0 Å². The summed E-state index contributed by atoms with van der Waals surface area (Å²) in [6, 6.07) is 5.87. The Morgan fingerprint density at radius 1 is 1.38 bits per heavy atom. The molecule has 0 amide bonds. The highest BCUT2D eigenvalue weighted by Crippen LogP contribution is 2.31. The predicted molar refractivity (Wildman–Crippen MR) is 81.4 cm³/mol. The molecular weight excluding hydrogens is 286 g/mol. The van der Waals surface area contributed by atoms with Crippen molar-refractivity contribution in [3.05, 3.63) is 29.6 Å². The van der Waals surface area contributed by atoms with E-state index in [-0.39, 0.29) is 0 Å². The van der Waals surface area contributed by atoms with Crippen molar-refractivity contribution in [3.8, 4) is 10.6 Å². The van der Waals surface area contributed by atoms with Crippen molar-refractivity contribution in [1.82, 2.24) is 19.8 Å².